The molecule has 0 aliphatic heterocycles. The van der Waals surface area contributed by atoms with Gasteiger partial charge in [-0.3, -0.25) is 9.78 Å². The van der Waals surface area contributed by atoms with E-state index in [1.165, 1.54) is 6.20 Å². The maximum atomic E-state index is 12.0. The lowest BCUT2D eigenvalue weighted by Crippen LogP contribution is -2.09. The number of rotatable bonds is 1. The third kappa shape index (κ3) is 1.60. The molecule has 0 saturated heterocycles. The van der Waals surface area contributed by atoms with Crippen LogP contribution < -0.4 is 5.56 Å². The molecule has 3 aromatic heterocycles. The van der Waals surface area contributed by atoms with Crippen molar-refractivity contribution in [3.8, 4) is 11.6 Å². The Kier molecular flexibility index (Phi) is 2.20. The molecule has 3 heterocycles. The standard InChI is InChI=1S/C15H9N3O2/c19-15-10-8-16-6-5-11(10)17-14(18-15)13-7-9-3-1-2-4-12(9)20-13/h1-8H,(H,17,18,19). The van der Waals surface area contributed by atoms with Crippen molar-refractivity contribution >= 4 is 21.9 Å². The van der Waals surface area contributed by atoms with Crippen LogP contribution in [0, 0.1) is 0 Å². The van der Waals surface area contributed by atoms with Gasteiger partial charge >= 0.3 is 0 Å². The summed E-state index contributed by atoms with van der Waals surface area (Å²) in [5, 5.41) is 1.44. The van der Waals surface area contributed by atoms with Crippen molar-refractivity contribution in [3.05, 3.63) is 59.1 Å². The molecule has 0 atom stereocenters. The molecule has 0 aliphatic carbocycles. The second kappa shape index (κ2) is 4.03. The molecule has 96 valence electrons. The third-order valence-corrected chi connectivity index (χ3v) is 3.17. The van der Waals surface area contributed by atoms with E-state index in [1.54, 1.807) is 12.3 Å². The Morgan fingerprint density at radius 3 is 2.95 bits per heavy atom. The smallest absolute Gasteiger partial charge is 0.260 e. The summed E-state index contributed by atoms with van der Waals surface area (Å²) in [6, 6.07) is 11.2. The highest BCUT2D eigenvalue weighted by atomic mass is 16.3. The number of pyridine rings is 1. The van der Waals surface area contributed by atoms with Crippen molar-refractivity contribution in [2.24, 2.45) is 0 Å². The highest BCUT2D eigenvalue weighted by Gasteiger charge is 2.10. The number of para-hydroxylation sites is 1. The van der Waals surface area contributed by atoms with Gasteiger partial charge in [0.2, 0.25) is 0 Å². The molecule has 4 rings (SSSR count). The zero-order valence-corrected chi connectivity index (χ0v) is 10.3. The van der Waals surface area contributed by atoms with Gasteiger partial charge in [0.25, 0.3) is 5.56 Å². The summed E-state index contributed by atoms with van der Waals surface area (Å²) in [4.78, 5) is 23.1. The number of nitrogens with zero attached hydrogens (tertiary/aromatic N) is 2. The van der Waals surface area contributed by atoms with Crippen LogP contribution in [0.1, 0.15) is 0 Å². The Balaban J connectivity index is 1.99. The zero-order valence-electron chi connectivity index (χ0n) is 10.3. The van der Waals surface area contributed by atoms with E-state index in [-0.39, 0.29) is 5.56 Å². The van der Waals surface area contributed by atoms with Gasteiger partial charge in [-0.1, -0.05) is 18.2 Å². The van der Waals surface area contributed by atoms with Crippen LogP contribution in [0.4, 0.5) is 0 Å². The predicted octanol–water partition coefficient (Wildman–Crippen LogP) is 2.73. The number of fused-ring (bicyclic) bond motifs is 2. The zero-order chi connectivity index (χ0) is 13.5. The number of furan rings is 1. The van der Waals surface area contributed by atoms with Crippen LogP contribution in [0.5, 0.6) is 0 Å². The van der Waals surface area contributed by atoms with E-state index in [9.17, 15) is 4.79 Å². The molecule has 0 bridgehead atoms. The van der Waals surface area contributed by atoms with Crippen LogP contribution in [0.15, 0.2) is 58.0 Å². The van der Waals surface area contributed by atoms with E-state index in [0.717, 1.165) is 11.0 Å². The lowest BCUT2D eigenvalue weighted by Gasteiger charge is -1.99. The molecule has 5 nitrogen and oxygen atoms in total. The lowest BCUT2D eigenvalue weighted by atomic mass is 10.2. The number of hydrogen-bond acceptors (Lipinski definition) is 4. The third-order valence-electron chi connectivity index (χ3n) is 3.17. The van der Waals surface area contributed by atoms with Crippen molar-refractivity contribution < 1.29 is 4.42 Å². The number of benzene rings is 1. The van der Waals surface area contributed by atoms with Gasteiger partial charge < -0.3 is 9.40 Å². The topological polar surface area (TPSA) is 71.8 Å². The van der Waals surface area contributed by atoms with Crippen molar-refractivity contribution in [2.45, 2.75) is 0 Å². The average molecular weight is 263 g/mol. The fourth-order valence-electron chi connectivity index (χ4n) is 2.20. The predicted molar refractivity (Wildman–Crippen MR) is 75.4 cm³/mol. The summed E-state index contributed by atoms with van der Waals surface area (Å²) in [5.74, 6) is 0.965. The Bertz CT molecular complexity index is 952. The fourth-order valence-corrected chi connectivity index (χ4v) is 2.20. The van der Waals surface area contributed by atoms with Crippen LogP contribution in [0.3, 0.4) is 0 Å². The second-order valence-electron chi connectivity index (χ2n) is 4.46. The maximum absolute atomic E-state index is 12.0. The van der Waals surface area contributed by atoms with E-state index in [0.29, 0.717) is 22.5 Å². The minimum Gasteiger partial charge on any atom is -0.453 e. The van der Waals surface area contributed by atoms with E-state index < -0.39 is 0 Å². The van der Waals surface area contributed by atoms with Crippen LogP contribution in [-0.2, 0) is 0 Å². The molecule has 0 amide bonds. The Labute approximate surface area is 112 Å². The highest BCUT2D eigenvalue weighted by molar-refractivity contribution is 5.83. The first-order valence-electron chi connectivity index (χ1n) is 6.14. The summed E-state index contributed by atoms with van der Waals surface area (Å²) in [6.07, 6.45) is 3.11. The summed E-state index contributed by atoms with van der Waals surface area (Å²) >= 11 is 0. The summed E-state index contributed by atoms with van der Waals surface area (Å²) < 4.78 is 5.71. The van der Waals surface area contributed by atoms with Crippen molar-refractivity contribution in [1.82, 2.24) is 15.0 Å². The van der Waals surface area contributed by atoms with Gasteiger partial charge in [-0.15, -0.1) is 0 Å². The van der Waals surface area contributed by atoms with Crippen LogP contribution in [-0.4, -0.2) is 15.0 Å². The fraction of sp³-hybridized carbons (Fsp3) is 0. The number of nitrogens with one attached hydrogen (secondary N) is 1. The van der Waals surface area contributed by atoms with Gasteiger partial charge in [0, 0.05) is 17.8 Å². The first-order chi connectivity index (χ1) is 9.81. The molecule has 1 aromatic carbocycles. The summed E-state index contributed by atoms with van der Waals surface area (Å²) in [5.41, 5.74) is 1.14. The minimum atomic E-state index is -0.224. The minimum absolute atomic E-state index is 0.224. The molecule has 0 saturated carbocycles. The molecule has 1 N–H and O–H groups in total. The van der Waals surface area contributed by atoms with Gasteiger partial charge in [-0.05, 0) is 18.2 Å². The van der Waals surface area contributed by atoms with Gasteiger partial charge in [-0.2, -0.15) is 0 Å². The van der Waals surface area contributed by atoms with Crippen LogP contribution in [0.2, 0.25) is 0 Å². The van der Waals surface area contributed by atoms with E-state index >= 15 is 0 Å². The molecule has 4 aromatic rings. The van der Waals surface area contributed by atoms with Crippen molar-refractivity contribution in [3.63, 3.8) is 0 Å². The molecule has 0 spiro atoms. The normalized spacial score (nSPS) is 11.2. The number of H-pyrrole nitrogens is 1. The van der Waals surface area contributed by atoms with Crippen molar-refractivity contribution in [1.29, 1.82) is 0 Å². The van der Waals surface area contributed by atoms with Crippen molar-refractivity contribution in [2.75, 3.05) is 0 Å². The molecular formula is C15H9N3O2. The maximum Gasteiger partial charge on any atom is 0.260 e. The SMILES string of the molecule is O=c1[nH]c(-c2cc3ccccc3o2)nc2ccncc12. The van der Waals surface area contributed by atoms with Gasteiger partial charge in [0.15, 0.2) is 11.6 Å². The molecular weight excluding hydrogens is 254 g/mol. The molecule has 0 fully saturated rings. The van der Waals surface area contributed by atoms with Crippen LogP contribution in [0.25, 0.3) is 33.5 Å². The Morgan fingerprint density at radius 1 is 1.15 bits per heavy atom. The second-order valence-corrected chi connectivity index (χ2v) is 4.46. The molecule has 0 aliphatic rings. The average Bonchev–Trinajstić information content (AvgIpc) is 2.91. The largest absolute Gasteiger partial charge is 0.453 e. The van der Waals surface area contributed by atoms with Crippen LogP contribution >= 0.6 is 0 Å². The summed E-state index contributed by atoms with van der Waals surface area (Å²) in [7, 11) is 0. The first kappa shape index (κ1) is 10.9. The Morgan fingerprint density at radius 2 is 2.05 bits per heavy atom. The molecule has 0 radical (unpaired) electrons. The Hall–Kier alpha value is -2.95. The van der Waals surface area contributed by atoms with E-state index in [4.69, 9.17) is 4.42 Å². The van der Waals surface area contributed by atoms with Gasteiger partial charge in [0.05, 0.1) is 10.9 Å². The molecule has 0 unspecified atom stereocenters. The highest BCUT2D eigenvalue weighted by Crippen LogP contribution is 2.25. The summed E-state index contributed by atoms with van der Waals surface area (Å²) in [6.45, 7) is 0. The molecule has 20 heavy (non-hydrogen) atoms. The van der Waals surface area contributed by atoms with Gasteiger partial charge in [-0.25, -0.2) is 4.98 Å². The number of hydrogen-bond donors (Lipinski definition) is 1. The van der Waals surface area contributed by atoms with E-state index in [1.807, 2.05) is 30.3 Å². The monoisotopic (exact) mass is 263 g/mol. The quantitative estimate of drug-likeness (QED) is 0.573. The van der Waals surface area contributed by atoms with Gasteiger partial charge in [0.1, 0.15) is 5.58 Å². The molecule has 5 heteroatoms. The number of aromatic amines is 1. The van der Waals surface area contributed by atoms with E-state index in [2.05, 4.69) is 15.0 Å². The lowest BCUT2D eigenvalue weighted by molar-refractivity contribution is 0.625. The number of aromatic nitrogens is 3. The first-order valence-corrected chi connectivity index (χ1v) is 6.14.